The summed E-state index contributed by atoms with van der Waals surface area (Å²) < 4.78 is 20.1. The molecular formula is C20H17FN4O5. The molecule has 0 aliphatic rings. The van der Waals surface area contributed by atoms with E-state index >= 15 is 0 Å². The molecule has 10 heteroatoms. The molecule has 1 heterocycles. The lowest BCUT2D eigenvalue weighted by molar-refractivity contribution is -0.387. The van der Waals surface area contributed by atoms with Gasteiger partial charge in [-0.3, -0.25) is 19.6 Å². The van der Waals surface area contributed by atoms with Gasteiger partial charge in [0.2, 0.25) is 5.82 Å². The lowest BCUT2D eigenvalue weighted by atomic mass is 10.2. The van der Waals surface area contributed by atoms with E-state index in [-0.39, 0.29) is 11.3 Å². The molecule has 1 unspecified atom stereocenters. The Morgan fingerprint density at radius 2 is 2.00 bits per heavy atom. The first-order valence-corrected chi connectivity index (χ1v) is 8.85. The van der Waals surface area contributed by atoms with E-state index in [4.69, 9.17) is 4.74 Å². The molecule has 3 aromatic rings. The summed E-state index contributed by atoms with van der Waals surface area (Å²) in [5.41, 5.74) is 0.402. The zero-order valence-corrected chi connectivity index (χ0v) is 15.8. The first-order valence-electron chi connectivity index (χ1n) is 8.85. The molecule has 9 nitrogen and oxygen atoms in total. The number of nitro groups is 1. The van der Waals surface area contributed by atoms with Crippen LogP contribution in [0.4, 0.5) is 15.8 Å². The Morgan fingerprint density at radius 3 is 2.70 bits per heavy atom. The third-order valence-electron chi connectivity index (χ3n) is 4.12. The average Bonchev–Trinajstić information content (AvgIpc) is 3.18. The van der Waals surface area contributed by atoms with Gasteiger partial charge in [-0.25, -0.2) is 4.79 Å². The van der Waals surface area contributed by atoms with E-state index in [2.05, 4.69) is 10.4 Å². The fourth-order valence-corrected chi connectivity index (χ4v) is 2.58. The predicted octanol–water partition coefficient (Wildman–Crippen LogP) is 3.16. The predicted molar refractivity (Wildman–Crippen MR) is 104 cm³/mol. The number of anilines is 1. The van der Waals surface area contributed by atoms with Gasteiger partial charge in [0.25, 0.3) is 5.91 Å². The molecule has 0 aliphatic carbocycles. The van der Waals surface area contributed by atoms with E-state index in [0.717, 1.165) is 17.7 Å². The summed E-state index contributed by atoms with van der Waals surface area (Å²) in [6, 6.07) is 12.4. The topological polar surface area (TPSA) is 116 Å². The van der Waals surface area contributed by atoms with Crippen molar-refractivity contribution in [2.75, 3.05) is 5.32 Å². The van der Waals surface area contributed by atoms with Gasteiger partial charge in [-0.05, 0) is 24.6 Å². The number of rotatable bonds is 7. The van der Waals surface area contributed by atoms with E-state index < -0.39 is 34.4 Å². The molecule has 0 radical (unpaired) electrons. The number of hydrogen-bond acceptors (Lipinski definition) is 6. The van der Waals surface area contributed by atoms with Crippen LogP contribution < -0.4 is 5.32 Å². The molecule has 30 heavy (non-hydrogen) atoms. The second-order valence-electron chi connectivity index (χ2n) is 6.37. The number of nitrogens with one attached hydrogen (secondary N) is 1. The third kappa shape index (κ3) is 5.04. The molecule has 2 aromatic carbocycles. The van der Waals surface area contributed by atoms with E-state index in [1.165, 1.54) is 25.4 Å². The second kappa shape index (κ2) is 8.95. The van der Waals surface area contributed by atoms with Gasteiger partial charge in [-0.1, -0.05) is 30.3 Å². The lowest BCUT2D eigenvalue weighted by Gasteiger charge is -2.13. The van der Waals surface area contributed by atoms with E-state index in [1.54, 1.807) is 4.68 Å². The highest BCUT2D eigenvalue weighted by Crippen LogP contribution is 2.22. The summed E-state index contributed by atoms with van der Waals surface area (Å²) in [6.07, 6.45) is 1.64. The fourth-order valence-electron chi connectivity index (χ4n) is 2.58. The number of esters is 1. The smallest absolute Gasteiger partial charge is 0.342 e. The zero-order chi connectivity index (χ0) is 21.7. The Labute approximate surface area is 170 Å². The Morgan fingerprint density at radius 1 is 1.27 bits per heavy atom. The minimum absolute atomic E-state index is 0.00618. The van der Waals surface area contributed by atoms with Crippen LogP contribution in [0.25, 0.3) is 0 Å². The Hall–Kier alpha value is -4.08. The van der Waals surface area contributed by atoms with Gasteiger partial charge < -0.3 is 10.1 Å². The molecule has 1 N–H and O–H groups in total. The normalized spacial score (nSPS) is 11.5. The molecule has 1 amide bonds. The van der Waals surface area contributed by atoms with Gasteiger partial charge in [0.15, 0.2) is 6.10 Å². The average molecular weight is 412 g/mol. The number of nitrogens with zero attached hydrogens (tertiary/aromatic N) is 3. The largest absolute Gasteiger partial charge is 0.449 e. The van der Waals surface area contributed by atoms with Crippen LogP contribution in [0.15, 0.2) is 60.9 Å². The first kappa shape index (κ1) is 20.6. The molecule has 0 aliphatic heterocycles. The van der Waals surface area contributed by atoms with Crippen LogP contribution in [0.2, 0.25) is 0 Å². The minimum atomic E-state index is -1.20. The van der Waals surface area contributed by atoms with E-state index in [0.29, 0.717) is 6.54 Å². The van der Waals surface area contributed by atoms with Crippen molar-refractivity contribution < 1.29 is 23.6 Å². The van der Waals surface area contributed by atoms with Gasteiger partial charge in [0.1, 0.15) is 0 Å². The van der Waals surface area contributed by atoms with Crippen LogP contribution in [0.5, 0.6) is 0 Å². The minimum Gasteiger partial charge on any atom is -0.449 e. The SMILES string of the molecule is CC(OC(=O)c1cnn(Cc2ccccc2)c1)C(=O)Nc1ccc(F)c([N+](=O)[O-])c1. The summed E-state index contributed by atoms with van der Waals surface area (Å²) in [7, 11) is 0. The number of carbonyl (C=O) groups is 2. The fraction of sp³-hybridized carbons (Fsp3) is 0.150. The Balaban J connectivity index is 1.59. The summed E-state index contributed by atoms with van der Waals surface area (Å²) in [5.74, 6) is -2.49. The van der Waals surface area contributed by atoms with Crippen LogP contribution in [0, 0.1) is 15.9 Å². The summed E-state index contributed by atoms with van der Waals surface area (Å²) >= 11 is 0. The molecule has 0 spiro atoms. The number of aromatic nitrogens is 2. The second-order valence-corrected chi connectivity index (χ2v) is 6.37. The van der Waals surface area contributed by atoms with Gasteiger partial charge >= 0.3 is 11.7 Å². The molecule has 154 valence electrons. The van der Waals surface area contributed by atoms with Crippen molar-refractivity contribution in [3.05, 3.63) is 88.0 Å². The van der Waals surface area contributed by atoms with Gasteiger partial charge in [0, 0.05) is 18.0 Å². The van der Waals surface area contributed by atoms with E-state index in [9.17, 15) is 24.1 Å². The van der Waals surface area contributed by atoms with Crippen LogP contribution in [-0.2, 0) is 16.1 Å². The van der Waals surface area contributed by atoms with Gasteiger partial charge in [0.05, 0.1) is 23.2 Å². The Bertz CT molecular complexity index is 1080. The van der Waals surface area contributed by atoms with Gasteiger partial charge in [-0.15, -0.1) is 0 Å². The summed E-state index contributed by atoms with van der Waals surface area (Å²) in [6.45, 7) is 1.81. The quantitative estimate of drug-likeness (QED) is 0.362. The van der Waals surface area contributed by atoms with Crippen LogP contribution in [0.1, 0.15) is 22.8 Å². The van der Waals surface area contributed by atoms with Crippen LogP contribution in [0.3, 0.4) is 0 Å². The number of halogens is 1. The van der Waals surface area contributed by atoms with Crippen LogP contribution in [-0.4, -0.2) is 32.7 Å². The maximum atomic E-state index is 13.4. The monoisotopic (exact) mass is 412 g/mol. The van der Waals surface area contributed by atoms with Crippen molar-refractivity contribution in [1.29, 1.82) is 0 Å². The standard InChI is InChI=1S/C20H17FN4O5/c1-13(19(26)23-16-7-8-17(21)18(9-16)25(28)29)30-20(27)15-10-22-24(12-15)11-14-5-3-2-4-6-14/h2-10,12-13H,11H2,1H3,(H,23,26). The molecule has 0 saturated carbocycles. The van der Waals surface area contributed by atoms with Crippen molar-refractivity contribution in [3.8, 4) is 0 Å². The molecular weight excluding hydrogens is 395 g/mol. The molecule has 0 saturated heterocycles. The maximum Gasteiger partial charge on any atom is 0.342 e. The highest BCUT2D eigenvalue weighted by atomic mass is 19.1. The van der Waals surface area contributed by atoms with Gasteiger partial charge in [-0.2, -0.15) is 9.49 Å². The Kier molecular flexibility index (Phi) is 6.16. The number of ether oxygens (including phenoxy) is 1. The zero-order valence-electron chi connectivity index (χ0n) is 15.8. The summed E-state index contributed by atoms with van der Waals surface area (Å²) in [4.78, 5) is 34.4. The number of carbonyl (C=O) groups excluding carboxylic acids is 2. The van der Waals surface area contributed by atoms with Crippen molar-refractivity contribution in [2.24, 2.45) is 0 Å². The summed E-state index contributed by atoms with van der Waals surface area (Å²) in [5, 5.41) is 17.2. The van der Waals surface area contributed by atoms with Crippen molar-refractivity contribution >= 4 is 23.3 Å². The highest BCUT2D eigenvalue weighted by Gasteiger charge is 2.22. The molecule has 0 bridgehead atoms. The highest BCUT2D eigenvalue weighted by molar-refractivity contribution is 5.97. The van der Waals surface area contributed by atoms with Crippen molar-refractivity contribution in [2.45, 2.75) is 19.6 Å². The third-order valence-corrected chi connectivity index (χ3v) is 4.12. The van der Waals surface area contributed by atoms with Crippen molar-refractivity contribution in [1.82, 2.24) is 9.78 Å². The lowest BCUT2D eigenvalue weighted by Crippen LogP contribution is -2.30. The van der Waals surface area contributed by atoms with Crippen LogP contribution >= 0.6 is 0 Å². The molecule has 1 aromatic heterocycles. The number of amides is 1. The molecule has 0 fully saturated rings. The number of nitro benzene ring substituents is 1. The number of benzene rings is 2. The molecule has 3 rings (SSSR count). The number of hydrogen-bond donors (Lipinski definition) is 1. The molecule has 1 atom stereocenters. The maximum absolute atomic E-state index is 13.4. The first-order chi connectivity index (χ1) is 14.3. The van der Waals surface area contributed by atoms with Crippen molar-refractivity contribution in [3.63, 3.8) is 0 Å². The van der Waals surface area contributed by atoms with E-state index in [1.807, 2.05) is 30.3 Å².